The predicted octanol–water partition coefficient (Wildman–Crippen LogP) is 3.79. The third-order valence-electron chi connectivity index (χ3n) is 7.66. The van der Waals surface area contributed by atoms with Crippen molar-refractivity contribution in [2.45, 2.75) is 61.9 Å². The van der Waals surface area contributed by atoms with Crippen LogP contribution in [0.5, 0.6) is 0 Å². The molecule has 0 aliphatic carbocycles. The Bertz CT molecular complexity index is 1650. The van der Waals surface area contributed by atoms with Crippen LogP contribution in [-0.4, -0.2) is 87.9 Å². The molecule has 14 heteroatoms. The first kappa shape index (κ1) is 33.7. The molecule has 12 nitrogen and oxygen atoms in total. The smallest absolute Gasteiger partial charge is 0.255 e. The number of nitrogens with one attached hydrogen (secondary N) is 2. The van der Waals surface area contributed by atoms with Gasteiger partial charge in [0, 0.05) is 48.7 Å². The zero-order valence-electron chi connectivity index (χ0n) is 26.0. The Morgan fingerprint density at radius 3 is 1.24 bits per heavy atom. The Hall–Kier alpha value is -3.66. The second-order valence-electron chi connectivity index (χ2n) is 11.7. The molecule has 0 unspecified atom stereocenters. The van der Waals surface area contributed by atoms with Crippen LogP contribution in [0.3, 0.4) is 0 Å². The summed E-state index contributed by atoms with van der Waals surface area (Å²) in [5.41, 5.74) is 1.33. The minimum absolute atomic E-state index is 0.0889. The Labute approximate surface area is 269 Å². The van der Waals surface area contributed by atoms with E-state index < -0.39 is 31.9 Å². The van der Waals surface area contributed by atoms with Crippen LogP contribution in [-0.2, 0) is 29.5 Å². The highest BCUT2D eigenvalue weighted by Crippen LogP contribution is 2.24. The van der Waals surface area contributed by atoms with Gasteiger partial charge in [-0.25, -0.2) is 16.8 Å². The first-order valence-corrected chi connectivity index (χ1v) is 17.8. The van der Waals surface area contributed by atoms with Crippen molar-refractivity contribution in [2.75, 3.05) is 36.8 Å². The molecule has 0 radical (unpaired) electrons. The topological polar surface area (TPSA) is 151 Å². The van der Waals surface area contributed by atoms with Crippen molar-refractivity contribution < 1.29 is 35.9 Å². The number of sulfonamides is 2. The number of amides is 2. The first-order chi connectivity index (χ1) is 21.7. The van der Waals surface area contributed by atoms with Gasteiger partial charge >= 0.3 is 0 Å². The lowest BCUT2D eigenvalue weighted by Crippen LogP contribution is -2.48. The van der Waals surface area contributed by atoms with Crippen LogP contribution in [0.1, 0.15) is 48.4 Å². The van der Waals surface area contributed by atoms with Crippen molar-refractivity contribution in [1.82, 2.24) is 8.61 Å². The molecule has 0 bridgehead atoms. The number of carbonyl (C=O) groups excluding carboxylic acids is 2. The van der Waals surface area contributed by atoms with Crippen molar-refractivity contribution in [3.05, 3.63) is 83.9 Å². The molecule has 3 aromatic rings. The van der Waals surface area contributed by atoms with Gasteiger partial charge in [-0.1, -0.05) is 6.07 Å². The molecule has 2 amide bonds. The number of hydrogen-bond donors (Lipinski definition) is 2. The van der Waals surface area contributed by atoms with Crippen molar-refractivity contribution in [3.63, 3.8) is 0 Å². The minimum Gasteiger partial charge on any atom is -0.373 e. The van der Waals surface area contributed by atoms with E-state index in [1.165, 1.54) is 57.1 Å². The average Bonchev–Trinajstić information content (AvgIpc) is 3.00. The monoisotopic (exact) mass is 670 g/mol. The summed E-state index contributed by atoms with van der Waals surface area (Å²) in [4.78, 5) is 26.1. The molecule has 0 aromatic heterocycles. The van der Waals surface area contributed by atoms with Gasteiger partial charge in [0.1, 0.15) is 0 Å². The summed E-state index contributed by atoms with van der Waals surface area (Å²) in [5, 5.41) is 5.52. The highest BCUT2D eigenvalue weighted by molar-refractivity contribution is 7.89. The van der Waals surface area contributed by atoms with Gasteiger partial charge in [-0.15, -0.1) is 0 Å². The molecule has 2 N–H and O–H groups in total. The number of nitrogens with zero attached hydrogens (tertiary/aromatic N) is 2. The van der Waals surface area contributed by atoms with E-state index in [9.17, 15) is 26.4 Å². The van der Waals surface area contributed by atoms with Crippen molar-refractivity contribution in [3.8, 4) is 0 Å². The Morgan fingerprint density at radius 1 is 0.587 bits per heavy atom. The summed E-state index contributed by atoms with van der Waals surface area (Å²) < 4.78 is 66.6. The molecule has 46 heavy (non-hydrogen) atoms. The normalized spacial score (nSPS) is 23.0. The zero-order chi connectivity index (χ0) is 33.2. The SMILES string of the molecule is C[C@@H]1CN(S(=O)(=O)c2ccc(C(=O)Nc3cccc(NC(=O)c4ccc(S(=O)(=O)N5C[C@@H](C)O[C@@H](C)C5)cc4)c3)cc2)C[C@@H](C)O1. The molecule has 0 spiro atoms. The maximum Gasteiger partial charge on any atom is 0.255 e. The Kier molecular flexibility index (Phi) is 9.96. The van der Waals surface area contributed by atoms with Gasteiger partial charge in [0.2, 0.25) is 20.0 Å². The molecule has 5 rings (SSSR count). The average molecular weight is 671 g/mol. The molecule has 246 valence electrons. The predicted molar refractivity (Wildman–Crippen MR) is 173 cm³/mol. The number of morpholine rings is 2. The fraction of sp³-hybridized carbons (Fsp3) is 0.375. The highest BCUT2D eigenvalue weighted by Gasteiger charge is 2.33. The molecule has 3 aromatic carbocycles. The fourth-order valence-corrected chi connectivity index (χ4v) is 8.77. The van der Waals surface area contributed by atoms with Crippen molar-refractivity contribution in [2.24, 2.45) is 0 Å². The maximum atomic E-state index is 13.1. The third-order valence-corrected chi connectivity index (χ3v) is 11.4. The van der Waals surface area contributed by atoms with E-state index >= 15 is 0 Å². The van der Waals surface area contributed by atoms with Crippen LogP contribution in [0.4, 0.5) is 11.4 Å². The lowest BCUT2D eigenvalue weighted by Gasteiger charge is -2.34. The highest BCUT2D eigenvalue weighted by atomic mass is 32.2. The van der Waals surface area contributed by atoms with Crippen LogP contribution < -0.4 is 10.6 Å². The first-order valence-electron chi connectivity index (χ1n) is 15.0. The largest absolute Gasteiger partial charge is 0.373 e. The fourth-order valence-electron chi connectivity index (χ4n) is 5.59. The molecule has 2 aliphatic heterocycles. The van der Waals surface area contributed by atoms with E-state index in [2.05, 4.69) is 10.6 Å². The number of hydrogen-bond acceptors (Lipinski definition) is 8. The van der Waals surface area contributed by atoms with Crippen LogP contribution in [0, 0.1) is 0 Å². The summed E-state index contributed by atoms with van der Waals surface area (Å²) in [6.07, 6.45) is -0.881. The van der Waals surface area contributed by atoms with Gasteiger partial charge in [-0.05, 0) is 94.4 Å². The van der Waals surface area contributed by atoms with Crippen molar-refractivity contribution >= 4 is 43.2 Å². The molecular formula is C32H38N4O8S2. The number of anilines is 2. The van der Waals surface area contributed by atoms with E-state index in [-0.39, 0.29) is 71.5 Å². The Morgan fingerprint density at radius 2 is 0.913 bits per heavy atom. The molecule has 2 heterocycles. The molecule has 0 saturated carbocycles. The summed E-state index contributed by atoms with van der Waals surface area (Å²) >= 11 is 0. The number of carbonyl (C=O) groups is 2. The lowest BCUT2D eigenvalue weighted by molar-refractivity contribution is -0.0442. The van der Waals surface area contributed by atoms with Gasteiger partial charge in [-0.3, -0.25) is 9.59 Å². The van der Waals surface area contributed by atoms with Gasteiger partial charge in [0.05, 0.1) is 34.2 Å². The van der Waals surface area contributed by atoms with E-state index in [1.807, 2.05) is 27.7 Å². The Balaban J connectivity index is 1.21. The van der Waals surface area contributed by atoms with E-state index in [0.29, 0.717) is 11.4 Å². The number of rotatable bonds is 8. The van der Waals surface area contributed by atoms with Gasteiger partial charge in [0.25, 0.3) is 11.8 Å². The molecular weight excluding hydrogens is 633 g/mol. The van der Waals surface area contributed by atoms with Crippen LogP contribution in [0.25, 0.3) is 0 Å². The van der Waals surface area contributed by atoms with Gasteiger partial charge < -0.3 is 20.1 Å². The second-order valence-corrected chi connectivity index (χ2v) is 15.6. The minimum atomic E-state index is -3.74. The zero-order valence-corrected chi connectivity index (χ0v) is 27.7. The maximum absolute atomic E-state index is 13.1. The van der Waals surface area contributed by atoms with Gasteiger partial charge in [0.15, 0.2) is 0 Å². The van der Waals surface area contributed by atoms with Crippen LogP contribution >= 0.6 is 0 Å². The summed E-state index contributed by atoms with van der Waals surface area (Å²) in [5.74, 6) is -0.913. The quantitative estimate of drug-likeness (QED) is 0.368. The summed E-state index contributed by atoms with van der Waals surface area (Å²) in [6, 6.07) is 18.0. The van der Waals surface area contributed by atoms with E-state index in [0.717, 1.165) is 0 Å². The van der Waals surface area contributed by atoms with Crippen LogP contribution in [0.2, 0.25) is 0 Å². The molecule has 2 saturated heterocycles. The molecule has 4 atom stereocenters. The van der Waals surface area contributed by atoms with E-state index in [1.54, 1.807) is 24.3 Å². The summed E-state index contributed by atoms with van der Waals surface area (Å²) in [7, 11) is -7.49. The van der Waals surface area contributed by atoms with Gasteiger partial charge in [-0.2, -0.15) is 8.61 Å². The van der Waals surface area contributed by atoms with Crippen molar-refractivity contribution in [1.29, 1.82) is 0 Å². The summed E-state index contributed by atoms with van der Waals surface area (Å²) in [6.45, 7) is 8.31. The van der Waals surface area contributed by atoms with Crippen LogP contribution in [0.15, 0.2) is 82.6 Å². The third kappa shape index (κ3) is 7.65. The van der Waals surface area contributed by atoms with E-state index in [4.69, 9.17) is 9.47 Å². The lowest BCUT2D eigenvalue weighted by atomic mass is 10.2. The number of benzene rings is 3. The number of ether oxygens (including phenoxy) is 2. The molecule has 2 aliphatic rings. The second kappa shape index (κ2) is 13.6. The standard InChI is InChI=1S/C32H38N4O8S2/c1-21-17-35(18-22(2)43-21)45(39,40)29-12-8-25(9-13-29)31(37)33-27-6-5-7-28(16-27)34-32(38)26-10-14-30(15-11-26)46(41,42)36-19-23(3)44-24(4)20-36/h5-16,21-24H,17-20H2,1-4H3,(H,33,37)(H,34,38)/t21-,22-,23-,24+/m1/s1. The molecule has 2 fully saturated rings.